The van der Waals surface area contributed by atoms with Crippen LogP contribution in [0.2, 0.25) is 0 Å². The Balaban J connectivity index is 1.21. The Morgan fingerprint density at radius 2 is 1.06 bits per heavy atom. The van der Waals surface area contributed by atoms with Crippen molar-refractivity contribution in [1.29, 1.82) is 0 Å². The number of fused-ring (bicyclic) bond motifs is 11. The Hall–Kier alpha value is -5.58. The quantitative estimate of drug-likeness (QED) is 0.163. The lowest BCUT2D eigenvalue weighted by Gasteiger charge is -2.49. The fraction of sp³-hybridized carbons (Fsp3) is 0.344. The van der Waals surface area contributed by atoms with Crippen LogP contribution in [0.25, 0.3) is 20.2 Å². The number of hydrogen-bond donors (Lipinski definition) is 0. The molecule has 3 aliphatic carbocycles. The molecule has 0 radical (unpaired) electrons. The summed E-state index contributed by atoms with van der Waals surface area (Å²) in [7, 11) is 0. The molecule has 1 saturated carbocycles. The average Bonchev–Trinajstić information content (AvgIpc) is 3.72. The van der Waals surface area contributed by atoms with E-state index >= 15 is 0 Å². The van der Waals surface area contributed by atoms with Crippen LogP contribution in [0.15, 0.2) is 121 Å². The molecule has 2 aliphatic heterocycles. The van der Waals surface area contributed by atoms with Crippen molar-refractivity contribution in [2.45, 2.75) is 142 Å². The molecular formula is C64H65BN2S. The van der Waals surface area contributed by atoms with E-state index in [-0.39, 0.29) is 28.4 Å². The summed E-state index contributed by atoms with van der Waals surface area (Å²) in [5.41, 5.74) is 25.1. The molecule has 0 amide bonds. The molecule has 1 aromatic heterocycles. The van der Waals surface area contributed by atoms with Crippen LogP contribution in [0.1, 0.15) is 156 Å². The minimum absolute atomic E-state index is 0.0216. The predicted molar refractivity (Wildman–Crippen MR) is 295 cm³/mol. The molecule has 1 fully saturated rings. The first-order chi connectivity index (χ1) is 32.6. The topological polar surface area (TPSA) is 6.48 Å². The Labute approximate surface area is 409 Å². The molecule has 0 spiro atoms. The van der Waals surface area contributed by atoms with Crippen LogP contribution in [0, 0.1) is 13.8 Å². The lowest BCUT2D eigenvalue weighted by Crippen LogP contribution is -2.62. The highest BCUT2D eigenvalue weighted by atomic mass is 32.1. The first-order valence-corrected chi connectivity index (χ1v) is 26.6. The molecule has 0 N–H and O–H groups in total. The summed E-state index contributed by atoms with van der Waals surface area (Å²) >= 11 is 2.00. The molecule has 340 valence electrons. The van der Waals surface area contributed by atoms with Gasteiger partial charge >= 0.3 is 0 Å². The molecular weight excluding hydrogens is 840 g/mol. The van der Waals surface area contributed by atoms with Crippen LogP contribution in [0.4, 0.5) is 34.1 Å². The number of hydrogen-bond acceptors (Lipinski definition) is 3. The van der Waals surface area contributed by atoms with Crippen LogP contribution < -0.4 is 26.2 Å². The minimum atomic E-state index is -0.195. The summed E-state index contributed by atoms with van der Waals surface area (Å²) in [5.74, 6) is 0.529. The molecule has 0 saturated heterocycles. The van der Waals surface area contributed by atoms with Crippen molar-refractivity contribution >= 4 is 88.7 Å². The van der Waals surface area contributed by atoms with Crippen molar-refractivity contribution < 1.29 is 0 Å². The van der Waals surface area contributed by atoms with E-state index in [0.717, 1.165) is 0 Å². The maximum absolute atomic E-state index is 2.81. The Bertz CT molecular complexity index is 3450. The van der Waals surface area contributed by atoms with Crippen LogP contribution in [0.3, 0.4) is 0 Å². The number of rotatable bonds is 3. The summed E-state index contributed by atoms with van der Waals surface area (Å²) in [6.07, 6.45) is 8.82. The van der Waals surface area contributed by atoms with Gasteiger partial charge in [-0.05, 0) is 171 Å². The van der Waals surface area contributed by atoms with Gasteiger partial charge in [0.2, 0.25) is 0 Å². The van der Waals surface area contributed by atoms with Gasteiger partial charge in [0.05, 0.1) is 0 Å². The summed E-state index contributed by atoms with van der Waals surface area (Å²) in [6.45, 7) is 24.6. The number of anilines is 6. The highest BCUT2D eigenvalue weighted by Crippen LogP contribution is 2.56. The Morgan fingerprint density at radius 3 is 1.75 bits per heavy atom. The van der Waals surface area contributed by atoms with Gasteiger partial charge in [0.1, 0.15) is 0 Å². The second-order valence-electron chi connectivity index (χ2n) is 23.9. The highest BCUT2D eigenvalue weighted by molar-refractivity contribution is 7.28. The summed E-state index contributed by atoms with van der Waals surface area (Å²) in [4.78, 5) is 5.51. The van der Waals surface area contributed by atoms with Gasteiger partial charge in [0.15, 0.2) is 0 Å². The van der Waals surface area contributed by atoms with Gasteiger partial charge in [0, 0.05) is 59.7 Å². The SMILES string of the molecule is Cc1cc2c(cc1N1c3cc4c(cc3B3c5c1cc(C1CCCCC1)cc5N(c1ccccc1C)c1ccc5c(sc6ccccc65)c13)C(C)(C)c1ccccc1C4(C)C)C(C)(C)CCC2(C)C. The van der Waals surface area contributed by atoms with E-state index in [0.29, 0.717) is 5.92 Å². The molecule has 68 heavy (non-hydrogen) atoms. The third-order valence-corrected chi connectivity index (χ3v) is 19.4. The lowest BCUT2D eigenvalue weighted by molar-refractivity contribution is 0.332. The van der Waals surface area contributed by atoms with Gasteiger partial charge in [0.25, 0.3) is 6.71 Å². The predicted octanol–water partition coefficient (Wildman–Crippen LogP) is 16.1. The van der Waals surface area contributed by atoms with E-state index in [9.17, 15) is 0 Å². The molecule has 7 aromatic carbocycles. The van der Waals surface area contributed by atoms with E-state index in [1.807, 2.05) is 11.3 Å². The highest BCUT2D eigenvalue weighted by Gasteiger charge is 2.49. The summed E-state index contributed by atoms with van der Waals surface area (Å²) in [6, 6.07) is 48.6. The van der Waals surface area contributed by atoms with Crippen LogP contribution in [-0.2, 0) is 21.7 Å². The molecule has 4 heteroatoms. The third kappa shape index (κ3) is 5.82. The zero-order chi connectivity index (χ0) is 46.8. The molecule has 8 aromatic rings. The zero-order valence-electron chi connectivity index (χ0n) is 42.0. The lowest BCUT2D eigenvalue weighted by atomic mass is 9.33. The molecule has 0 atom stereocenters. The first-order valence-electron chi connectivity index (χ1n) is 25.8. The Morgan fingerprint density at radius 1 is 0.471 bits per heavy atom. The summed E-state index contributed by atoms with van der Waals surface area (Å²) < 4.78 is 2.77. The van der Waals surface area contributed by atoms with Gasteiger partial charge in [-0.25, -0.2) is 0 Å². The van der Waals surface area contributed by atoms with Gasteiger partial charge < -0.3 is 9.80 Å². The number of aryl methyl sites for hydroxylation is 2. The normalized spacial score (nSPS) is 19.2. The second-order valence-corrected chi connectivity index (χ2v) is 24.9. The first kappa shape index (κ1) is 42.5. The molecule has 13 rings (SSSR count). The van der Waals surface area contributed by atoms with E-state index in [2.05, 4.69) is 200 Å². The standard InChI is InChI=1S/C64H65BN2S/c1-38-20-14-18-26-51(38)66-52-29-28-43-42-23-15-19-27-57(42)68-60(43)59(52)65-50-35-48-49(64(9,10)45-25-17-16-24-44(45)63(48,7)8)37-54(50)67(56-34-41(33-55(66)58(56)65)40-21-12-11-13-22-40)53-36-47-46(32-39(53)2)61(3,4)30-31-62(47,5)6/h14-20,23-29,32-37,40H,11-13,21-22,30-31H2,1-10H3. The minimum Gasteiger partial charge on any atom is -0.311 e. The zero-order valence-corrected chi connectivity index (χ0v) is 42.8. The second kappa shape index (κ2) is 14.5. The van der Waals surface area contributed by atoms with Crippen molar-refractivity contribution in [2.24, 2.45) is 0 Å². The van der Waals surface area contributed by atoms with Crippen molar-refractivity contribution in [3.05, 3.63) is 171 Å². The maximum Gasteiger partial charge on any atom is 0.254 e. The van der Waals surface area contributed by atoms with Crippen molar-refractivity contribution in [3.63, 3.8) is 0 Å². The van der Waals surface area contributed by atoms with E-state index < -0.39 is 0 Å². The van der Waals surface area contributed by atoms with E-state index in [1.54, 1.807) is 0 Å². The molecule has 0 bridgehead atoms. The molecule has 2 nitrogen and oxygen atoms in total. The van der Waals surface area contributed by atoms with Gasteiger partial charge in [-0.15, -0.1) is 11.3 Å². The molecule has 0 unspecified atom stereocenters. The fourth-order valence-corrected chi connectivity index (χ4v) is 15.5. The van der Waals surface area contributed by atoms with Crippen LogP contribution in [-0.4, -0.2) is 6.71 Å². The smallest absolute Gasteiger partial charge is 0.254 e. The fourth-order valence-electron chi connectivity index (χ4n) is 14.2. The summed E-state index contributed by atoms with van der Waals surface area (Å²) in [5, 5.41) is 2.72. The monoisotopic (exact) mass is 904 g/mol. The number of nitrogens with zero attached hydrogens (tertiary/aromatic N) is 2. The van der Waals surface area contributed by atoms with E-state index in [1.165, 1.54) is 166 Å². The average molecular weight is 905 g/mol. The van der Waals surface area contributed by atoms with Crippen LogP contribution in [0.5, 0.6) is 0 Å². The Kier molecular flexibility index (Phi) is 9.06. The molecule has 5 aliphatic rings. The van der Waals surface area contributed by atoms with Gasteiger partial charge in [-0.2, -0.15) is 0 Å². The van der Waals surface area contributed by atoms with Gasteiger partial charge in [-0.3, -0.25) is 0 Å². The largest absolute Gasteiger partial charge is 0.311 e. The van der Waals surface area contributed by atoms with E-state index in [4.69, 9.17) is 0 Å². The van der Waals surface area contributed by atoms with Crippen molar-refractivity contribution in [2.75, 3.05) is 9.80 Å². The van der Waals surface area contributed by atoms with Crippen molar-refractivity contribution in [1.82, 2.24) is 0 Å². The number of benzene rings is 7. The van der Waals surface area contributed by atoms with Crippen LogP contribution >= 0.6 is 11.3 Å². The molecule has 3 heterocycles. The van der Waals surface area contributed by atoms with Crippen molar-refractivity contribution in [3.8, 4) is 0 Å². The van der Waals surface area contributed by atoms with Gasteiger partial charge in [-0.1, -0.05) is 154 Å². The third-order valence-electron chi connectivity index (χ3n) is 18.2. The number of para-hydroxylation sites is 1. The number of thiophene rings is 1. The maximum atomic E-state index is 2.81.